The molecule has 2 N–H and O–H groups in total. The average molecular weight is 543 g/mol. The lowest BCUT2D eigenvalue weighted by Crippen LogP contribution is -2.22. The highest BCUT2D eigenvalue weighted by Gasteiger charge is 2.14. The van der Waals surface area contributed by atoms with Crippen LogP contribution in [0.5, 0.6) is 0 Å². The Bertz CT molecular complexity index is 992. The van der Waals surface area contributed by atoms with E-state index in [2.05, 4.69) is 37.3 Å². The van der Waals surface area contributed by atoms with Gasteiger partial charge >= 0.3 is 0 Å². The Morgan fingerprint density at radius 3 is 2.46 bits per heavy atom. The number of hydrogen-bond acceptors (Lipinski definition) is 7. The number of ether oxygens (including phenoxy) is 4. The van der Waals surface area contributed by atoms with Gasteiger partial charge in [0.25, 0.3) is 0 Å². The summed E-state index contributed by atoms with van der Waals surface area (Å²) >= 11 is 0. The van der Waals surface area contributed by atoms with Crippen LogP contribution in [-0.4, -0.2) is 69.2 Å². The number of aliphatic hydroxyl groups excluding tert-OH is 2. The van der Waals surface area contributed by atoms with Gasteiger partial charge in [-0.15, -0.1) is 0 Å². The molecule has 1 aliphatic carbocycles. The van der Waals surface area contributed by atoms with Crippen LogP contribution >= 0.6 is 0 Å². The molecule has 0 fully saturated rings. The molecule has 1 aromatic carbocycles. The van der Waals surface area contributed by atoms with Crippen molar-refractivity contribution >= 4 is 6.08 Å². The summed E-state index contributed by atoms with van der Waals surface area (Å²) in [7, 11) is 1.62. The molecule has 216 valence electrons. The molecular formula is C32H46O7. The first-order valence-electron chi connectivity index (χ1n) is 14.3. The van der Waals surface area contributed by atoms with Gasteiger partial charge in [0.2, 0.25) is 0 Å². The van der Waals surface area contributed by atoms with Crippen LogP contribution in [-0.2, 0) is 31.8 Å². The van der Waals surface area contributed by atoms with Crippen LogP contribution in [0.25, 0.3) is 17.4 Å². The monoisotopic (exact) mass is 542 g/mol. The number of allylic oxidation sites excluding steroid dienone is 2. The largest absolute Gasteiger partial charge is 0.491 e. The second kappa shape index (κ2) is 18.0. The van der Waals surface area contributed by atoms with Gasteiger partial charge in [-0.2, -0.15) is 0 Å². The number of benzene rings is 1. The average Bonchev–Trinajstić information content (AvgIpc) is 3.26. The van der Waals surface area contributed by atoms with E-state index in [9.17, 15) is 10.2 Å². The summed E-state index contributed by atoms with van der Waals surface area (Å²) in [4.78, 5) is 0. The van der Waals surface area contributed by atoms with Crippen LogP contribution in [0.1, 0.15) is 62.3 Å². The summed E-state index contributed by atoms with van der Waals surface area (Å²) in [5.41, 5.74) is 3.50. The van der Waals surface area contributed by atoms with Crippen molar-refractivity contribution in [3.05, 3.63) is 65.1 Å². The molecule has 0 radical (unpaired) electrons. The van der Waals surface area contributed by atoms with Gasteiger partial charge in [0.1, 0.15) is 30.0 Å². The Morgan fingerprint density at radius 2 is 1.67 bits per heavy atom. The molecule has 0 amide bonds. The van der Waals surface area contributed by atoms with Crippen molar-refractivity contribution in [1.82, 2.24) is 0 Å². The highest BCUT2D eigenvalue weighted by molar-refractivity contribution is 5.66. The van der Waals surface area contributed by atoms with E-state index in [1.807, 2.05) is 18.2 Å². The first-order chi connectivity index (χ1) is 19.1. The quantitative estimate of drug-likeness (QED) is 0.207. The van der Waals surface area contributed by atoms with Gasteiger partial charge in [-0.3, -0.25) is 0 Å². The standard InChI is InChI=1S/C32H46O7/c1-3-4-5-7-25-8-10-26(11-9-25)32-22-27-12-13-30(14-15-31(27)39-32)38-24-29(34)23-37-19-6-18-36-21-17-28(33)16-20-35-2/h8-14,22,28-29,33-34H,3-7,15-21,23-24H2,1-2H3. The summed E-state index contributed by atoms with van der Waals surface area (Å²) in [6.45, 7) is 4.70. The maximum absolute atomic E-state index is 10.2. The van der Waals surface area contributed by atoms with E-state index in [0.29, 0.717) is 51.4 Å². The Hall–Kier alpha value is -2.42. The molecule has 0 saturated heterocycles. The summed E-state index contributed by atoms with van der Waals surface area (Å²) in [5, 5.41) is 19.9. The summed E-state index contributed by atoms with van der Waals surface area (Å²) in [6, 6.07) is 10.7. The number of fused-ring (bicyclic) bond motifs is 1. The molecule has 2 aromatic rings. The van der Waals surface area contributed by atoms with Crippen molar-refractivity contribution in [3.8, 4) is 11.3 Å². The van der Waals surface area contributed by atoms with E-state index in [4.69, 9.17) is 23.4 Å². The summed E-state index contributed by atoms with van der Waals surface area (Å²) in [5.74, 6) is 2.49. The lowest BCUT2D eigenvalue weighted by molar-refractivity contribution is -0.00816. The molecule has 1 aromatic heterocycles. The topological polar surface area (TPSA) is 90.5 Å². The zero-order valence-electron chi connectivity index (χ0n) is 23.6. The highest BCUT2D eigenvalue weighted by atomic mass is 16.5. The number of hydrogen-bond donors (Lipinski definition) is 2. The minimum Gasteiger partial charge on any atom is -0.491 e. The van der Waals surface area contributed by atoms with E-state index >= 15 is 0 Å². The number of aliphatic hydroxyl groups is 2. The van der Waals surface area contributed by atoms with Crippen molar-refractivity contribution < 1.29 is 33.6 Å². The van der Waals surface area contributed by atoms with Crippen LogP contribution < -0.4 is 0 Å². The predicted octanol–water partition coefficient (Wildman–Crippen LogP) is 5.72. The first-order valence-corrected chi connectivity index (χ1v) is 14.3. The zero-order valence-corrected chi connectivity index (χ0v) is 23.6. The van der Waals surface area contributed by atoms with Crippen LogP contribution in [0, 0.1) is 0 Å². The summed E-state index contributed by atoms with van der Waals surface area (Å²) in [6.07, 6.45) is 12.2. The van der Waals surface area contributed by atoms with E-state index in [-0.39, 0.29) is 13.2 Å². The lowest BCUT2D eigenvalue weighted by atomic mass is 10.0. The second-order valence-corrected chi connectivity index (χ2v) is 10.0. The van der Waals surface area contributed by atoms with Crippen molar-refractivity contribution in [3.63, 3.8) is 0 Å². The van der Waals surface area contributed by atoms with Gasteiger partial charge in [0, 0.05) is 51.1 Å². The first kappa shape index (κ1) is 31.1. The number of furan rings is 1. The van der Waals surface area contributed by atoms with Crippen molar-refractivity contribution in [1.29, 1.82) is 0 Å². The molecule has 0 aliphatic heterocycles. The van der Waals surface area contributed by atoms with Gasteiger partial charge in [0.15, 0.2) is 0 Å². The van der Waals surface area contributed by atoms with Crippen LogP contribution in [0.4, 0.5) is 0 Å². The summed E-state index contributed by atoms with van der Waals surface area (Å²) < 4.78 is 28.0. The van der Waals surface area contributed by atoms with Gasteiger partial charge in [-0.05, 0) is 62.0 Å². The smallest absolute Gasteiger partial charge is 0.134 e. The molecule has 39 heavy (non-hydrogen) atoms. The number of rotatable bonds is 20. The maximum atomic E-state index is 10.2. The molecule has 2 atom stereocenters. The van der Waals surface area contributed by atoms with Crippen molar-refractivity contribution in [2.24, 2.45) is 0 Å². The van der Waals surface area contributed by atoms with Gasteiger partial charge in [-0.25, -0.2) is 0 Å². The Labute approximate surface area is 233 Å². The third-order valence-corrected chi connectivity index (χ3v) is 6.65. The Morgan fingerprint density at radius 1 is 0.872 bits per heavy atom. The minimum atomic E-state index is -0.716. The third-order valence-electron chi connectivity index (χ3n) is 6.65. The number of aryl methyl sites for hydroxylation is 1. The van der Waals surface area contributed by atoms with E-state index in [0.717, 1.165) is 35.5 Å². The Kier molecular flexibility index (Phi) is 14.4. The highest BCUT2D eigenvalue weighted by Crippen LogP contribution is 2.29. The molecule has 7 nitrogen and oxygen atoms in total. The number of methoxy groups -OCH3 is 1. The van der Waals surface area contributed by atoms with Gasteiger partial charge < -0.3 is 33.6 Å². The van der Waals surface area contributed by atoms with E-state index in [1.54, 1.807) is 7.11 Å². The van der Waals surface area contributed by atoms with E-state index < -0.39 is 12.2 Å². The lowest BCUT2D eigenvalue weighted by Gasteiger charge is -2.13. The normalized spacial score (nSPS) is 14.5. The Balaban J connectivity index is 1.30. The van der Waals surface area contributed by atoms with Gasteiger partial charge in [-0.1, -0.05) is 44.0 Å². The molecule has 0 bridgehead atoms. The number of unbranched alkanes of at least 4 members (excludes halogenated alkanes) is 2. The predicted molar refractivity (Wildman–Crippen MR) is 154 cm³/mol. The molecule has 0 spiro atoms. The molecule has 1 aliphatic rings. The fourth-order valence-electron chi connectivity index (χ4n) is 4.28. The fraction of sp³-hybridized carbons (Fsp3) is 0.562. The van der Waals surface area contributed by atoms with E-state index in [1.165, 1.54) is 24.8 Å². The third kappa shape index (κ3) is 11.7. The second-order valence-electron chi connectivity index (χ2n) is 10.0. The SMILES string of the molecule is CCCCCc1ccc(-c2cc3c(o2)CC=C(OCC(O)COCCCOCCC(O)CCOC)C=C3)cc1. The molecule has 0 saturated carbocycles. The maximum Gasteiger partial charge on any atom is 0.134 e. The van der Waals surface area contributed by atoms with Crippen molar-refractivity contribution in [2.45, 2.75) is 70.5 Å². The zero-order chi connectivity index (χ0) is 27.7. The van der Waals surface area contributed by atoms with Crippen LogP contribution in [0.2, 0.25) is 0 Å². The molecule has 2 unspecified atom stereocenters. The molecule has 7 heteroatoms. The minimum absolute atomic E-state index is 0.156. The van der Waals surface area contributed by atoms with Gasteiger partial charge in [0.05, 0.1) is 12.7 Å². The molecular weight excluding hydrogens is 496 g/mol. The fourth-order valence-corrected chi connectivity index (χ4v) is 4.28. The molecule has 1 heterocycles. The molecule has 3 rings (SSSR count). The van der Waals surface area contributed by atoms with Crippen LogP contribution in [0.15, 0.2) is 52.7 Å². The van der Waals surface area contributed by atoms with Crippen molar-refractivity contribution in [2.75, 3.05) is 46.8 Å². The van der Waals surface area contributed by atoms with Crippen LogP contribution in [0.3, 0.4) is 0 Å².